The lowest BCUT2D eigenvalue weighted by Gasteiger charge is -2.25. The number of hydrogen-bond donors (Lipinski definition) is 2. The Morgan fingerprint density at radius 2 is 2.09 bits per heavy atom. The van der Waals surface area contributed by atoms with Crippen molar-refractivity contribution in [3.8, 4) is 5.75 Å². The lowest BCUT2D eigenvalue weighted by Crippen LogP contribution is -2.34. The molecular weight excluding hydrogens is 337 g/mol. The average Bonchev–Trinajstić information content (AvgIpc) is 2.86. The number of halogens is 2. The number of nitrogens with one attached hydrogen (secondary N) is 2. The molecule has 2 rings (SSSR count). The fourth-order valence-electron chi connectivity index (χ4n) is 2.26. The molecule has 1 amide bonds. The van der Waals surface area contributed by atoms with Gasteiger partial charge in [-0.3, -0.25) is 4.79 Å². The van der Waals surface area contributed by atoms with Crippen LogP contribution in [-0.2, 0) is 0 Å². The van der Waals surface area contributed by atoms with Gasteiger partial charge >= 0.3 is 0 Å². The standard InChI is InChI=1S/C16H19Cl2N3O2/c1-21(2)14(10-5-4-6-11(7-10)23-3)9-19-16(22)13-8-12(17)15(18)20-13/h4-8,14,20H,9H2,1-3H3,(H,19,22). The number of nitrogens with zero attached hydrogens (tertiary/aromatic N) is 1. The highest BCUT2D eigenvalue weighted by atomic mass is 35.5. The average molecular weight is 356 g/mol. The Kier molecular flexibility index (Phi) is 5.93. The zero-order chi connectivity index (χ0) is 17.0. The number of hydrogen-bond acceptors (Lipinski definition) is 3. The van der Waals surface area contributed by atoms with E-state index in [2.05, 4.69) is 10.3 Å². The molecule has 0 bridgehead atoms. The Labute approximate surface area is 145 Å². The van der Waals surface area contributed by atoms with Gasteiger partial charge in [0.1, 0.15) is 16.6 Å². The predicted molar refractivity (Wildman–Crippen MR) is 92.6 cm³/mol. The summed E-state index contributed by atoms with van der Waals surface area (Å²) in [6.45, 7) is 0.438. The van der Waals surface area contributed by atoms with Crippen molar-refractivity contribution in [1.82, 2.24) is 15.2 Å². The number of carbonyl (C=O) groups is 1. The Bertz CT molecular complexity index is 666. The predicted octanol–water partition coefficient (Wildman–Crippen LogP) is 3.36. The summed E-state index contributed by atoms with van der Waals surface area (Å²) < 4.78 is 5.26. The van der Waals surface area contributed by atoms with Crippen molar-refractivity contribution in [2.45, 2.75) is 6.04 Å². The van der Waals surface area contributed by atoms with Gasteiger partial charge in [0.2, 0.25) is 0 Å². The first-order chi connectivity index (χ1) is 10.9. The van der Waals surface area contributed by atoms with Gasteiger partial charge in [0.15, 0.2) is 0 Å². The Morgan fingerprint density at radius 3 is 2.65 bits per heavy atom. The summed E-state index contributed by atoms with van der Waals surface area (Å²) in [4.78, 5) is 17.0. The molecule has 0 spiro atoms. The van der Waals surface area contributed by atoms with Gasteiger partial charge in [0.05, 0.1) is 18.2 Å². The van der Waals surface area contributed by atoms with Crippen LogP contribution in [0.5, 0.6) is 5.75 Å². The highest BCUT2D eigenvalue weighted by molar-refractivity contribution is 6.41. The van der Waals surface area contributed by atoms with Gasteiger partial charge < -0.3 is 19.9 Å². The molecule has 2 aromatic rings. The highest BCUT2D eigenvalue weighted by Gasteiger charge is 2.18. The molecule has 1 unspecified atom stereocenters. The Balaban J connectivity index is 2.09. The van der Waals surface area contributed by atoms with Crippen LogP contribution >= 0.6 is 23.2 Å². The summed E-state index contributed by atoms with van der Waals surface area (Å²) in [5, 5.41) is 3.47. The fourth-order valence-corrected chi connectivity index (χ4v) is 2.57. The quantitative estimate of drug-likeness (QED) is 0.835. The Hall–Kier alpha value is -1.69. The maximum atomic E-state index is 12.2. The maximum Gasteiger partial charge on any atom is 0.267 e. The molecule has 0 fully saturated rings. The summed E-state index contributed by atoms with van der Waals surface area (Å²) >= 11 is 11.7. The summed E-state index contributed by atoms with van der Waals surface area (Å²) in [6, 6.07) is 9.29. The smallest absolute Gasteiger partial charge is 0.267 e. The van der Waals surface area contributed by atoms with Gasteiger partial charge in [-0.2, -0.15) is 0 Å². The normalized spacial score (nSPS) is 12.3. The van der Waals surface area contributed by atoms with Crippen LogP contribution in [0.15, 0.2) is 30.3 Å². The van der Waals surface area contributed by atoms with Crippen molar-refractivity contribution in [3.63, 3.8) is 0 Å². The molecule has 23 heavy (non-hydrogen) atoms. The maximum absolute atomic E-state index is 12.2. The molecule has 1 atom stereocenters. The van der Waals surface area contributed by atoms with Crippen molar-refractivity contribution < 1.29 is 9.53 Å². The monoisotopic (exact) mass is 355 g/mol. The fraction of sp³-hybridized carbons (Fsp3) is 0.312. The molecule has 0 aliphatic rings. The number of aromatic nitrogens is 1. The second-order valence-corrected chi connectivity index (χ2v) is 6.10. The Morgan fingerprint density at radius 1 is 1.35 bits per heavy atom. The highest BCUT2D eigenvalue weighted by Crippen LogP contribution is 2.23. The number of aromatic amines is 1. The molecule has 0 aliphatic heterocycles. The lowest BCUT2D eigenvalue weighted by atomic mass is 10.1. The van der Waals surface area contributed by atoms with Crippen LogP contribution < -0.4 is 10.1 Å². The first-order valence-electron chi connectivity index (χ1n) is 7.05. The van der Waals surface area contributed by atoms with Crippen LogP contribution in [0.4, 0.5) is 0 Å². The molecule has 0 saturated heterocycles. The van der Waals surface area contributed by atoms with E-state index in [1.807, 2.05) is 43.3 Å². The third-order valence-corrected chi connectivity index (χ3v) is 4.22. The third kappa shape index (κ3) is 4.41. The summed E-state index contributed by atoms with van der Waals surface area (Å²) in [5.74, 6) is 0.525. The van der Waals surface area contributed by atoms with Crippen LogP contribution in [0.25, 0.3) is 0 Å². The van der Waals surface area contributed by atoms with Crippen LogP contribution in [0.3, 0.4) is 0 Å². The van der Waals surface area contributed by atoms with Gasteiger partial charge in [-0.15, -0.1) is 0 Å². The van der Waals surface area contributed by atoms with Gasteiger partial charge in [-0.25, -0.2) is 0 Å². The SMILES string of the molecule is COc1cccc(C(CNC(=O)c2cc(Cl)c(Cl)[nH]2)N(C)C)c1. The number of H-pyrrole nitrogens is 1. The number of carbonyl (C=O) groups excluding carboxylic acids is 1. The molecule has 1 aromatic carbocycles. The zero-order valence-corrected chi connectivity index (χ0v) is 14.7. The molecule has 1 heterocycles. The molecule has 1 aromatic heterocycles. The van der Waals surface area contributed by atoms with E-state index >= 15 is 0 Å². The molecule has 2 N–H and O–H groups in total. The molecule has 0 radical (unpaired) electrons. The minimum atomic E-state index is -0.256. The van der Waals surface area contributed by atoms with Crippen LogP contribution in [0.1, 0.15) is 22.1 Å². The molecule has 124 valence electrons. The van der Waals surface area contributed by atoms with E-state index in [0.29, 0.717) is 17.3 Å². The van der Waals surface area contributed by atoms with E-state index in [9.17, 15) is 4.79 Å². The van der Waals surface area contributed by atoms with Crippen LogP contribution in [0, 0.1) is 0 Å². The van der Waals surface area contributed by atoms with E-state index in [1.165, 1.54) is 6.07 Å². The first-order valence-corrected chi connectivity index (χ1v) is 7.80. The number of likely N-dealkylation sites (N-methyl/N-ethyl adjacent to an activating group) is 1. The summed E-state index contributed by atoms with van der Waals surface area (Å²) in [5.41, 5.74) is 1.39. The van der Waals surface area contributed by atoms with E-state index in [1.54, 1.807) is 7.11 Å². The molecule has 5 nitrogen and oxygen atoms in total. The largest absolute Gasteiger partial charge is 0.497 e. The lowest BCUT2D eigenvalue weighted by molar-refractivity contribution is 0.0937. The molecule has 0 saturated carbocycles. The zero-order valence-electron chi connectivity index (χ0n) is 13.2. The number of benzene rings is 1. The number of rotatable bonds is 6. The van der Waals surface area contributed by atoms with Crippen molar-refractivity contribution >= 4 is 29.1 Å². The second-order valence-electron chi connectivity index (χ2n) is 5.31. The molecular formula is C16H19Cl2N3O2. The van der Waals surface area contributed by atoms with E-state index in [4.69, 9.17) is 27.9 Å². The van der Waals surface area contributed by atoms with Gasteiger partial charge in [-0.1, -0.05) is 35.3 Å². The van der Waals surface area contributed by atoms with Crippen molar-refractivity contribution in [1.29, 1.82) is 0 Å². The molecule has 7 heteroatoms. The van der Waals surface area contributed by atoms with Crippen molar-refractivity contribution in [3.05, 3.63) is 51.8 Å². The minimum Gasteiger partial charge on any atom is -0.497 e. The van der Waals surface area contributed by atoms with Crippen LogP contribution in [-0.4, -0.2) is 43.5 Å². The van der Waals surface area contributed by atoms with E-state index in [-0.39, 0.29) is 17.1 Å². The van der Waals surface area contributed by atoms with Crippen LogP contribution in [0.2, 0.25) is 10.2 Å². The summed E-state index contributed by atoms with van der Waals surface area (Å²) in [7, 11) is 5.54. The molecule has 0 aliphatic carbocycles. The van der Waals surface area contributed by atoms with Gasteiger partial charge in [-0.05, 0) is 37.9 Å². The van der Waals surface area contributed by atoms with Crippen molar-refractivity contribution in [2.75, 3.05) is 27.7 Å². The number of methoxy groups -OCH3 is 1. The van der Waals surface area contributed by atoms with E-state index in [0.717, 1.165) is 11.3 Å². The topological polar surface area (TPSA) is 57.4 Å². The minimum absolute atomic E-state index is 0.00922. The first kappa shape index (κ1) is 17.7. The summed E-state index contributed by atoms with van der Waals surface area (Å²) in [6.07, 6.45) is 0. The van der Waals surface area contributed by atoms with Crippen molar-refractivity contribution in [2.24, 2.45) is 0 Å². The van der Waals surface area contributed by atoms with Gasteiger partial charge in [0, 0.05) is 6.54 Å². The van der Waals surface area contributed by atoms with E-state index < -0.39 is 0 Å². The number of amides is 1. The van der Waals surface area contributed by atoms with Gasteiger partial charge in [0.25, 0.3) is 5.91 Å². The number of ether oxygens (including phenoxy) is 1. The third-order valence-electron chi connectivity index (χ3n) is 3.53. The second kappa shape index (κ2) is 7.73.